The van der Waals surface area contributed by atoms with Crippen LogP contribution in [0.1, 0.15) is 0 Å². The predicted molar refractivity (Wildman–Crippen MR) is 84.9 cm³/mol. The highest BCUT2D eigenvalue weighted by atomic mass is 35.5. The number of nitrogen functional groups attached to an aromatic ring is 2. The van der Waals surface area contributed by atoms with E-state index in [4.69, 9.17) is 11.5 Å². The van der Waals surface area contributed by atoms with Crippen LogP contribution < -0.4 is 11.5 Å². The third-order valence-corrected chi connectivity index (χ3v) is 3.14. The standard InChI is InChI=1S/C15H13N3O.ClH/c16-14-8-6-12(15(17)18-14)10-5-7-13(19)11-4-2-1-3-9(10)11;/h1-8,19H,(H4,16,17,18);1H. The highest BCUT2D eigenvalue weighted by Gasteiger charge is 2.10. The third kappa shape index (κ3) is 2.21. The lowest BCUT2D eigenvalue weighted by Crippen LogP contribution is -1.98. The number of phenolic OH excluding ortho intramolecular Hbond substituents is 1. The molecule has 0 atom stereocenters. The number of aromatic hydroxyl groups is 1. The second-order valence-corrected chi connectivity index (χ2v) is 4.35. The first-order chi connectivity index (χ1) is 9.16. The normalized spacial score (nSPS) is 10.2. The number of halogens is 1. The van der Waals surface area contributed by atoms with Crippen molar-refractivity contribution in [3.8, 4) is 16.9 Å². The van der Waals surface area contributed by atoms with Gasteiger partial charge >= 0.3 is 0 Å². The summed E-state index contributed by atoms with van der Waals surface area (Å²) in [5, 5.41) is 11.6. The van der Waals surface area contributed by atoms with Crippen molar-refractivity contribution in [2.75, 3.05) is 11.5 Å². The van der Waals surface area contributed by atoms with E-state index in [1.807, 2.05) is 36.4 Å². The van der Waals surface area contributed by atoms with Crippen LogP contribution in [0.3, 0.4) is 0 Å². The van der Waals surface area contributed by atoms with Crippen molar-refractivity contribution in [1.29, 1.82) is 0 Å². The van der Waals surface area contributed by atoms with Gasteiger partial charge in [0.1, 0.15) is 17.4 Å². The number of aromatic nitrogens is 1. The number of pyridine rings is 1. The zero-order valence-corrected chi connectivity index (χ0v) is 11.4. The molecule has 3 rings (SSSR count). The summed E-state index contributed by atoms with van der Waals surface area (Å²) in [6, 6.07) is 14.7. The van der Waals surface area contributed by atoms with Crippen LogP contribution in [0.15, 0.2) is 48.5 Å². The quantitative estimate of drug-likeness (QED) is 0.641. The van der Waals surface area contributed by atoms with E-state index in [0.29, 0.717) is 11.6 Å². The molecule has 20 heavy (non-hydrogen) atoms. The van der Waals surface area contributed by atoms with Gasteiger partial charge in [-0.3, -0.25) is 0 Å². The minimum Gasteiger partial charge on any atom is -0.507 e. The molecule has 3 aromatic rings. The van der Waals surface area contributed by atoms with Gasteiger partial charge in [0.2, 0.25) is 0 Å². The SMILES string of the molecule is Cl.Nc1ccc(-c2ccc(O)c3ccccc23)c(N)n1. The molecule has 0 bridgehead atoms. The van der Waals surface area contributed by atoms with Crippen molar-refractivity contribution in [3.63, 3.8) is 0 Å². The molecule has 0 unspecified atom stereocenters. The topological polar surface area (TPSA) is 85.2 Å². The maximum Gasteiger partial charge on any atom is 0.133 e. The zero-order chi connectivity index (χ0) is 13.4. The monoisotopic (exact) mass is 287 g/mol. The number of fused-ring (bicyclic) bond motifs is 1. The van der Waals surface area contributed by atoms with Crippen molar-refractivity contribution in [3.05, 3.63) is 48.5 Å². The molecule has 1 aromatic heterocycles. The summed E-state index contributed by atoms with van der Waals surface area (Å²) >= 11 is 0. The maximum atomic E-state index is 9.89. The summed E-state index contributed by atoms with van der Waals surface area (Å²) in [7, 11) is 0. The average molecular weight is 288 g/mol. The van der Waals surface area contributed by atoms with Crippen LogP contribution in [0.4, 0.5) is 11.6 Å². The van der Waals surface area contributed by atoms with Gasteiger partial charge in [-0.2, -0.15) is 0 Å². The lowest BCUT2D eigenvalue weighted by Gasteiger charge is -2.10. The molecule has 0 saturated heterocycles. The Labute approximate surface area is 122 Å². The minimum atomic E-state index is 0. The highest BCUT2D eigenvalue weighted by molar-refractivity contribution is 6.01. The number of rotatable bonds is 1. The van der Waals surface area contributed by atoms with Crippen LogP contribution in [0.2, 0.25) is 0 Å². The number of hydrogen-bond acceptors (Lipinski definition) is 4. The Morgan fingerprint density at radius 1 is 0.800 bits per heavy atom. The Bertz CT molecular complexity index is 774. The average Bonchev–Trinajstić information content (AvgIpc) is 2.41. The number of nitrogens with zero attached hydrogens (tertiary/aromatic N) is 1. The molecule has 2 aromatic carbocycles. The van der Waals surface area contributed by atoms with E-state index in [0.717, 1.165) is 21.9 Å². The largest absolute Gasteiger partial charge is 0.507 e. The van der Waals surface area contributed by atoms with E-state index >= 15 is 0 Å². The summed E-state index contributed by atoms with van der Waals surface area (Å²) in [5.41, 5.74) is 13.3. The van der Waals surface area contributed by atoms with Gasteiger partial charge in [-0.15, -0.1) is 12.4 Å². The molecule has 1 heterocycles. The number of benzene rings is 2. The molecule has 102 valence electrons. The molecule has 0 aliphatic rings. The van der Waals surface area contributed by atoms with Crippen LogP contribution >= 0.6 is 12.4 Å². The van der Waals surface area contributed by atoms with Gasteiger partial charge in [-0.05, 0) is 35.2 Å². The van der Waals surface area contributed by atoms with Gasteiger partial charge in [0.15, 0.2) is 0 Å². The summed E-state index contributed by atoms with van der Waals surface area (Å²) in [5.74, 6) is 1.03. The molecular formula is C15H14ClN3O. The molecule has 0 aliphatic carbocycles. The van der Waals surface area contributed by atoms with E-state index < -0.39 is 0 Å². The van der Waals surface area contributed by atoms with Gasteiger partial charge in [0.05, 0.1) is 0 Å². The van der Waals surface area contributed by atoms with E-state index in [1.54, 1.807) is 12.1 Å². The van der Waals surface area contributed by atoms with Crippen molar-refractivity contribution in [1.82, 2.24) is 4.98 Å². The maximum absolute atomic E-state index is 9.89. The van der Waals surface area contributed by atoms with E-state index in [1.165, 1.54) is 0 Å². The van der Waals surface area contributed by atoms with Crippen LogP contribution in [-0.4, -0.2) is 10.1 Å². The van der Waals surface area contributed by atoms with Crippen LogP contribution in [0, 0.1) is 0 Å². The first kappa shape index (κ1) is 14.0. The zero-order valence-electron chi connectivity index (χ0n) is 10.6. The minimum absolute atomic E-state index is 0. The number of nitrogens with two attached hydrogens (primary N) is 2. The molecule has 0 saturated carbocycles. The van der Waals surface area contributed by atoms with E-state index in [9.17, 15) is 5.11 Å². The first-order valence-electron chi connectivity index (χ1n) is 5.90. The summed E-state index contributed by atoms with van der Waals surface area (Å²) < 4.78 is 0. The van der Waals surface area contributed by atoms with Gasteiger partial charge in [0.25, 0.3) is 0 Å². The Morgan fingerprint density at radius 3 is 2.15 bits per heavy atom. The van der Waals surface area contributed by atoms with Crippen molar-refractivity contribution >= 4 is 34.8 Å². The Kier molecular flexibility index (Phi) is 3.68. The van der Waals surface area contributed by atoms with Gasteiger partial charge < -0.3 is 16.6 Å². The molecule has 5 N–H and O–H groups in total. The fourth-order valence-electron chi connectivity index (χ4n) is 2.24. The second kappa shape index (κ2) is 5.27. The van der Waals surface area contributed by atoms with Crippen molar-refractivity contribution < 1.29 is 5.11 Å². The molecule has 5 heteroatoms. The molecular weight excluding hydrogens is 274 g/mol. The lowest BCUT2D eigenvalue weighted by molar-refractivity contribution is 0.481. The van der Waals surface area contributed by atoms with E-state index in [2.05, 4.69) is 4.98 Å². The van der Waals surface area contributed by atoms with Gasteiger partial charge in [0, 0.05) is 10.9 Å². The summed E-state index contributed by atoms with van der Waals surface area (Å²) in [6.45, 7) is 0. The van der Waals surface area contributed by atoms with Crippen molar-refractivity contribution in [2.45, 2.75) is 0 Å². The first-order valence-corrected chi connectivity index (χ1v) is 5.90. The molecule has 4 nitrogen and oxygen atoms in total. The van der Waals surface area contributed by atoms with Gasteiger partial charge in [-0.1, -0.05) is 24.3 Å². The summed E-state index contributed by atoms with van der Waals surface area (Å²) in [6.07, 6.45) is 0. The fourth-order valence-corrected chi connectivity index (χ4v) is 2.24. The number of phenols is 1. The van der Waals surface area contributed by atoms with Crippen LogP contribution in [0.25, 0.3) is 21.9 Å². The van der Waals surface area contributed by atoms with Crippen LogP contribution in [-0.2, 0) is 0 Å². The second-order valence-electron chi connectivity index (χ2n) is 4.35. The number of hydrogen-bond donors (Lipinski definition) is 3. The molecule has 0 radical (unpaired) electrons. The molecule has 0 amide bonds. The Morgan fingerprint density at radius 2 is 1.45 bits per heavy atom. The number of anilines is 2. The van der Waals surface area contributed by atoms with Crippen LogP contribution in [0.5, 0.6) is 5.75 Å². The van der Waals surface area contributed by atoms with Gasteiger partial charge in [-0.25, -0.2) is 4.98 Å². The molecule has 0 spiro atoms. The highest BCUT2D eigenvalue weighted by Crippen LogP contribution is 2.35. The smallest absolute Gasteiger partial charge is 0.133 e. The molecule has 0 aliphatic heterocycles. The third-order valence-electron chi connectivity index (χ3n) is 3.14. The van der Waals surface area contributed by atoms with E-state index in [-0.39, 0.29) is 18.2 Å². The summed E-state index contributed by atoms with van der Waals surface area (Å²) in [4.78, 5) is 4.07. The van der Waals surface area contributed by atoms with Crippen molar-refractivity contribution in [2.24, 2.45) is 0 Å². The molecule has 0 fully saturated rings. The Balaban J connectivity index is 0.00000147. The fraction of sp³-hybridized carbons (Fsp3) is 0. The lowest BCUT2D eigenvalue weighted by atomic mass is 9.98. The predicted octanol–water partition coefficient (Wildman–Crippen LogP) is 3.19. The Hall–Kier alpha value is -2.46.